The number of halogens is 3. The van der Waals surface area contributed by atoms with E-state index in [2.05, 4.69) is 10.3 Å². The maximum atomic E-state index is 12.8. The molecule has 0 aliphatic carbocycles. The van der Waals surface area contributed by atoms with Crippen LogP contribution in [0, 0.1) is 18.3 Å². The summed E-state index contributed by atoms with van der Waals surface area (Å²) in [5.41, 5.74) is -0.156. The fourth-order valence-corrected chi connectivity index (χ4v) is 1.65. The lowest BCUT2D eigenvalue weighted by Gasteiger charge is -2.09. The molecule has 1 aromatic heterocycles. The third-order valence-electron chi connectivity index (χ3n) is 2.56. The van der Waals surface area contributed by atoms with Crippen molar-refractivity contribution in [3.8, 4) is 6.07 Å². The van der Waals surface area contributed by atoms with Gasteiger partial charge < -0.3 is 0 Å². The Kier molecular flexibility index (Phi) is 3.25. The van der Waals surface area contributed by atoms with Crippen LogP contribution in [0.3, 0.4) is 0 Å². The highest BCUT2D eigenvalue weighted by atomic mass is 19.4. The van der Waals surface area contributed by atoms with Crippen LogP contribution in [0.15, 0.2) is 24.3 Å². The highest BCUT2D eigenvalue weighted by molar-refractivity contribution is 5.28. The molecule has 7 heteroatoms. The van der Waals surface area contributed by atoms with E-state index in [0.29, 0.717) is 10.2 Å². The molecule has 1 heterocycles. The lowest BCUT2D eigenvalue weighted by molar-refractivity contribution is -0.144. The van der Waals surface area contributed by atoms with Gasteiger partial charge in [-0.3, -0.25) is 0 Å². The van der Waals surface area contributed by atoms with Gasteiger partial charge in [0.05, 0.1) is 6.54 Å². The summed E-state index contributed by atoms with van der Waals surface area (Å²) in [4.78, 5) is 0. The number of hydrogen-bond acceptors (Lipinski definition) is 3. The molecule has 0 saturated carbocycles. The van der Waals surface area contributed by atoms with Crippen molar-refractivity contribution < 1.29 is 13.2 Å². The summed E-state index contributed by atoms with van der Waals surface area (Å²) < 4.78 is 39.2. The van der Waals surface area contributed by atoms with Gasteiger partial charge in [0.2, 0.25) is 0 Å². The summed E-state index contributed by atoms with van der Waals surface area (Å²) in [7, 11) is 0. The topological polar surface area (TPSA) is 54.5 Å². The number of aromatic nitrogens is 3. The number of nitriles is 1. The minimum absolute atomic E-state index is 0.0796. The van der Waals surface area contributed by atoms with E-state index < -0.39 is 17.6 Å². The molecule has 0 N–H and O–H groups in total. The summed E-state index contributed by atoms with van der Waals surface area (Å²) in [6, 6.07) is 8.42. The van der Waals surface area contributed by atoms with Crippen LogP contribution in [0.2, 0.25) is 0 Å². The largest absolute Gasteiger partial charge is 0.436 e. The summed E-state index contributed by atoms with van der Waals surface area (Å²) >= 11 is 0. The Morgan fingerprint density at radius 3 is 2.42 bits per heavy atom. The van der Waals surface area contributed by atoms with Gasteiger partial charge in [-0.15, -0.1) is 5.10 Å². The lowest BCUT2D eigenvalue weighted by atomic mass is 10.1. The van der Waals surface area contributed by atoms with Crippen molar-refractivity contribution in [3.63, 3.8) is 0 Å². The van der Waals surface area contributed by atoms with Crippen LogP contribution in [0.5, 0.6) is 0 Å². The van der Waals surface area contributed by atoms with E-state index in [4.69, 9.17) is 5.26 Å². The van der Waals surface area contributed by atoms with Crippen LogP contribution in [-0.4, -0.2) is 15.0 Å². The highest BCUT2D eigenvalue weighted by Gasteiger charge is 2.39. The first kappa shape index (κ1) is 13.1. The van der Waals surface area contributed by atoms with Gasteiger partial charge in [0.1, 0.15) is 6.07 Å². The molecule has 1 aromatic carbocycles. The minimum Gasteiger partial charge on any atom is -0.234 e. The normalized spacial score (nSPS) is 11.3. The highest BCUT2D eigenvalue weighted by Crippen LogP contribution is 2.31. The first-order valence-corrected chi connectivity index (χ1v) is 5.38. The molecule has 19 heavy (non-hydrogen) atoms. The van der Waals surface area contributed by atoms with Gasteiger partial charge >= 0.3 is 6.18 Å². The first-order valence-electron chi connectivity index (χ1n) is 5.38. The number of nitrogens with zero attached hydrogens (tertiary/aromatic N) is 4. The van der Waals surface area contributed by atoms with Crippen LogP contribution < -0.4 is 0 Å². The first-order chi connectivity index (χ1) is 8.91. The van der Waals surface area contributed by atoms with E-state index in [0.717, 1.165) is 5.56 Å². The van der Waals surface area contributed by atoms with Crippen molar-refractivity contribution in [1.82, 2.24) is 15.0 Å². The molecule has 2 rings (SSSR count). The zero-order valence-electron chi connectivity index (χ0n) is 9.94. The van der Waals surface area contributed by atoms with E-state index in [1.807, 2.05) is 6.92 Å². The van der Waals surface area contributed by atoms with Crippen molar-refractivity contribution in [2.45, 2.75) is 19.6 Å². The van der Waals surface area contributed by atoms with Crippen LogP contribution in [-0.2, 0) is 12.7 Å². The quantitative estimate of drug-likeness (QED) is 0.839. The third kappa shape index (κ3) is 2.73. The Morgan fingerprint density at radius 1 is 1.26 bits per heavy atom. The number of benzene rings is 1. The lowest BCUT2D eigenvalue weighted by Crippen LogP contribution is -2.16. The van der Waals surface area contributed by atoms with E-state index in [-0.39, 0.29) is 6.54 Å². The van der Waals surface area contributed by atoms with E-state index in [9.17, 15) is 13.2 Å². The maximum Gasteiger partial charge on any atom is 0.436 e. The van der Waals surface area contributed by atoms with Gasteiger partial charge in [-0.25, -0.2) is 4.68 Å². The maximum absolute atomic E-state index is 12.8. The summed E-state index contributed by atoms with van der Waals surface area (Å²) in [5, 5.41) is 15.3. The molecule has 0 atom stereocenters. The van der Waals surface area contributed by atoms with Crippen LogP contribution in [0.25, 0.3) is 0 Å². The zero-order valence-corrected chi connectivity index (χ0v) is 9.94. The average molecular weight is 266 g/mol. The third-order valence-corrected chi connectivity index (χ3v) is 2.56. The number of rotatable bonds is 2. The van der Waals surface area contributed by atoms with Crippen molar-refractivity contribution in [1.29, 1.82) is 5.26 Å². The standard InChI is InChI=1S/C12H9F3N4/c1-8-2-4-9(5-3-8)7-19-11(12(13,14)15)10(6-16)17-18-19/h2-5H,7H2,1H3. The number of hydrogen-bond donors (Lipinski definition) is 0. The molecule has 0 radical (unpaired) electrons. The average Bonchev–Trinajstić information content (AvgIpc) is 2.75. The van der Waals surface area contributed by atoms with Gasteiger partial charge in [0.25, 0.3) is 0 Å². The Balaban J connectivity index is 2.39. The molecule has 0 spiro atoms. The second kappa shape index (κ2) is 4.72. The number of alkyl halides is 3. The van der Waals surface area contributed by atoms with Crippen LogP contribution >= 0.6 is 0 Å². The zero-order chi connectivity index (χ0) is 14.0. The van der Waals surface area contributed by atoms with Gasteiger partial charge in [-0.2, -0.15) is 18.4 Å². The van der Waals surface area contributed by atoms with Crippen molar-refractivity contribution in [2.24, 2.45) is 0 Å². The molecule has 0 bridgehead atoms. The van der Waals surface area contributed by atoms with Crippen LogP contribution in [0.1, 0.15) is 22.5 Å². The van der Waals surface area contributed by atoms with E-state index in [1.54, 1.807) is 24.3 Å². The predicted molar refractivity (Wildman–Crippen MR) is 60.0 cm³/mol. The summed E-state index contributed by atoms with van der Waals surface area (Å²) in [5.74, 6) is 0. The predicted octanol–water partition coefficient (Wildman–Crippen LogP) is 2.53. The van der Waals surface area contributed by atoms with Gasteiger partial charge in [0, 0.05) is 0 Å². The molecular formula is C12H9F3N4. The van der Waals surface area contributed by atoms with Gasteiger partial charge in [-0.05, 0) is 12.5 Å². The fourth-order valence-electron chi connectivity index (χ4n) is 1.65. The van der Waals surface area contributed by atoms with E-state index >= 15 is 0 Å². The molecule has 0 aliphatic rings. The van der Waals surface area contributed by atoms with Gasteiger partial charge in [-0.1, -0.05) is 35.0 Å². The van der Waals surface area contributed by atoms with Crippen LogP contribution in [0.4, 0.5) is 13.2 Å². The van der Waals surface area contributed by atoms with Crippen molar-refractivity contribution in [3.05, 3.63) is 46.8 Å². The molecule has 0 saturated heterocycles. The molecular weight excluding hydrogens is 257 g/mol. The monoisotopic (exact) mass is 266 g/mol. The minimum atomic E-state index is -4.65. The Morgan fingerprint density at radius 2 is 1.89 bits per heavy atom. The molecule has 0 amide bonds. The SMILES string of the molecule is Cc1ccc(Cn2nnc(C#N)c2C(F)(F)F)cc1. The Hall–Kier alpha value is -2.36. The molecule has 0 fully saturated rings. The molecule has 98 valence electrons. The summed E-state index contributed by atoms with van der Waals surface area (Å²) in [6.45, 7) is 1.80. The van der Waals surface area contributed by atoms with Crippen molar-refractivity contribution >= 4 is 0 Å². The summed E-state index contributed by atoms with van der Waals surface area (Å²) in [6.07, 6.45) is -4.65. The fraction of sp³-hybridized carbons (Fsp3) is 0.250. The molecule has 4 nitrogen and oxygen atoms in total. The smallest absolute Gasteiger partial charge is 0.234 e. The Labute approximate surface area is 107 Å². The second-order valence-electron chi connectivity index (χ2n) is 4.04. The van der Waals surface area contributed by atoms with Crippen molar-refractivity contribution in [2.75, 3.05) is 0 Å². The van der Waals surface area contributed by atoms with Gasteiger partial charge in [0.15, 0.2) is 11.4 Å². The molecule has 2 aromatic rings. The number of aryl methyl sites for hydroxylation is 1. The molecule has 0 unspecified atom stereocenters. The molecule has 0 aliphatic heterocycles. The second-order valence-corrected chi connectivity index (χ2v) is 4.04. The van der Waals surface area contributed by atoms with E-state index in [1.165, 1.54) is 6.07 Å². The Bertz CT molecular complexity index is 620.